The maximum absolute atomic E-state index is 12.5. The highest BCUT2D eigenvalue weighted by Crippen LogP contribution is 2.25. The Hall–Kier alpha value is -3.17. The normalized spacial score (nSPS) is 15.4. The van der Waals surface area contributed by atoms with Crippen molar-refractivity contribution in [2.24, 2.45) is 0 Å². The van der Waals surface area contributed by atoms with Gasteiger partial charge in [-0.1, -0.05) is 30.3 Å². The first-order valence-electron chi connectivity index (χ1n) is 9.77. The van der Waals surface area contributed by atoms with E-state index >= 15 is 0 Å². The summed E-state index contributed by atoms with van der Waals surface area (Å²) in [5.41, 5.74) is 6.56. The lowest BCUT2D eigenvalue weighted by molar-refractivity contribution is 0.0415. The lowest BCUT2D eigenvalue weighted by atomic mass is 9.92. The Labute approximate surface area is 175 Å². The van der Waals surface area contributed by atoms with Crippen molar-refractivity contribution in [2.75, 3.05) is 37.4 Å². The van der Waals surface area contributed by atoms with Gasteiger partial charge in [0.1, 0.15) is 11.7 Å². The van der Waals surface area contributed by atoms with Crippen LogP contribution in [0.1, 0.15) is 31.0 Å². The lowest BCUT2D eigenvalue weighted by Crippen LogP contribution is -2.44. The highest BCUT2D eigenvalue weighted by molar-refractivity contribution is 6.01. The number of hydrogen-bond donors (Lipinski definition) is 5. The molecule has 2 aromatic rings. The predicted molar refractivity (Wildman–Crippen MR) is 116 cm³/mol. The van der Waals surface area contributed by atoms with Crippen molar-refractivity contribution < 1.29 is 14.6 Å². The van der Waals surface area contributed by atoms with Gasteiger partial charge < -0.3 is 25.8 Å². The number of aliphatic hydroxyl groups is 1. The van der Waals surface area contributed by atoms with E-state index in [-0.39, 0.29) is 11.7 Å². The average molecular weight is 412 g/mol. The van der Waals surface area contributed by atoms with E-state index in [0.717, 1.165) is 5.56 Å². The number of morpholine rings is 1. The van der Waals surface area contributed by atoms with E-state index < -0.39 is 17.7 Å². The fraction of sp³-hybridized carbons (Fsp3) is 0.381. The van der Waals surface area contributed by atoms with Crippen LogP contribution in [0.2, 0.25) is 0 Å². The molecule has 2 heterocycles. The fourth-order valence-corrected chi connectivity index (χ4v) is 3.29. The molecule has 2 amide bonds. The van der Waals surface area contributed by atoms with E-state index in [1.54, 1.807) is 13.8 Å². The standard InChI is InChI=1S/C21H28N6O3/c1-21(2,29)18(14-6-4-3-5-7-14)26-20(28)25-17-12-16(22)15(13-24-17)19(23)27-8-10-30-11-9-27/h3-7,12-13,18,23,29H,8-11H2,1-2H3,(H4,22,24,25,26,28). The number of ether oxygens (including phenoxy) is 1. The Morgan fingerprint density at radius 1 is 1.30 bits per heavy atom. The summed E-state index contributed by atoms with van der Waals surface area (Å²) in [5, 5.41) is 24.3. The number of amidine groups is 1. The molecule has 1 aromatic carbocycles. The Kier molecular flexibility index (Phi) is 6.53. The summed E-state index contributed by atoms with van der Waals surface area (Å²) in [5.74, 6) is 0.538. The molecule has 9 nitrogen and oxygen atoms in total. The van der Waals surface area contributed by atoms with E-state index in [2.05, 4.69) is 15.6 Å². The van der Waals surface area contributed by atoms with Crippen molar-refractivity contribution >= 4 is 23.4 Å². The number of aromatic nitrogens is 1. The number of carbonyl (C=O) groups excluding carboxylic acids is 1. The Bertz CT molecular complexity index is 891. The summed E-state index contributed by atoms with van der Waals surface area (Å²) in [4.78, 5) is 18.6. The molecule has 0 bridgehead atoms. The topological polar surface area (TPSA) is 137 Å². The third-order valence-corrected chi connectivity index (χ3v) is 4.87. The fourth-order valence-electron chi connectivity index (χ4n) is 3.29. The van der Waals surface area contributed by atoms with Gasteiger partial charge in [0.05, 0.1) is 30.4 Å². The van der Waals surface area contributed by atoms with Crippen molar-refractivity contribution in [3.63, 3.8) is 0 Å². The zero-order valence-corrected chi connectivity index (χ0v) is 17.2. The molecule has 0 radical (unpaired) electrons. The molecule has 1 aliphatic heterocycles. The molecular weight excluding hydrogens is 384 g/mol. The monoisotopic (exact) mass is 412 g/mol. The van der Waals surface area contributed by atoms with Crippen molar-refractivity contribution in [3.8, 4) is 0 Å². The first kappa shape index (κ1) is 21.5. The number of nitrogens with one attached hydrogen (secondary N) is 3. The molecule has 0 aliphatic carbocycles. The first-order valence-corrected chi connectivity index (χ1v) is 9.77. The van der Waals surface area contributed by atoms with Crippen LogP contribution in [0.15, 0.2) is 42.6 Å². The molecule has 30 heavy (non-hydrogen) atoms. The zero-order valence-electron chi connectivity index (χ0n) is 17.2. The number of anilines is 2. The summed E-state index contributed by atoms with van der Waals surface area (Å²) in [7, 11) is 0. The van der Waals surface area contributed by atoms with Crippen LogP contribution in [0.4, 0.5) is 16.3 Å². The van der Waals surface area contributed by atoms with Crippen LogP contribution in [-0.4, -0.2) is 58.8 Å². The molecule has 1 atom stereocenters. The molecule has 1 aliphatic rings. The molecule has 1 saturated heterocycles. The number of pyridine rings is 1. The van der Waals surface area contributed by atoms with Gasteiger partial charge in [-0.2, -0.15) is 0 Å². The number of hydrogen-bond acceptors (Lipinski definition) is 6. The van der Waals surface area contributed by atoms with Crippen LogP contribution in [0.3, 0.4) is 0 Å². The number of urea groups is 1. The SMILES string of the molecule is CC(C)(O)C(NC(=O)Nc1cc(N)c(C(=N)N2CCOCC2)cn1)c1ccccc1. The molecule has 3 rings (SSSR count). The number of carbonyl (C=O) groups is 1. The van der Waals surface area contributed by atoms with Crippen LogP contribution in [-0.2, 0) is 4.74 Å². The zero-order chi connectivity index (χ0) is 21.7. The largest absolute Gasteiger partial charge is 0.398 e. The van der Waals surface area contributed by atoms with Crippen LogP contribution in [0, 0.1) is 5.41 Å². The maximum Gasteiger partial charge on any atom is 0.320 e. The molecule has 160 valence electrons. The molecule has 9 heteroatoms. The molecule has 1 fully saturated rings. The third kappa shape index (κ3) is 5.25. The summed E-state index contributed by atoms with van der Waals surface area (Å²) in [6.45, 7) is 5.65. The Morgan fingerprint density at radius 3 is 2.57 bits per heavy atom. The van der Waals surface area contributed by atoms with Gasteiger partial charge in [-0.25, -0.2) is 9.78 Å². The van der Waals surface area contributed by atoms with Crippen molar-refractivity contribution in [1.82, 2.24) is 15.2 Å². The van der Waals surface area contributed by atoms with Crippen molar-refractivity contribution in [2.45, 2.75) is 25.5 Å². The lowest BCUT2D eigenvalue weighted by Gasteiger charge is -2.30. The molecule has 0 saturated carbocycles. The Morgan fingerprint density at radius 2 is 1.97 bits per heavy atom. The van der Waals surface area contributed by atoms with Crippen LogP contribution in [0.5, 0.6) is 0 Å². The highest BCUT2D eigenvalue weighted by Gasteiger charge is 2.30. The van der Waals surface area contributed by atoms with E-state index in [0.29, 0.717) is 37.6 Å². The summed E-state index contributed by atoms with van der Waals surface area (Å²) < 4.78 is 5.31. The average Bonchev–Trinajstić information content (AvgIpc) is 2.72. The molecule has 1 unspecified atom stereocenters. The van der Waals surface area contributed by atoms with E-state index in [9.17, 15) is 9.90 Å². The number of rotatable bonds is 5. The van der Waals surface area contributed by atoms with Gasteiger partial charge >= 0.3 is 6.03 Å². The van der Waals surface area contributed by atoms with Crippen molar-refractivity contribution in [3.05, 3.63) is 53.7 Å². The smallest absolute Gasteiger partial charge is 0.320 e. The van der Waals surface area contributed by atoms with Crippen molar-refractivity contribution in [1.29, 1.82) is 5.41 Å². The molecular formula is C21H28N6O3. The number of benzene rings is 1. The van der Waals surface area contributed by atoms with Gasteiger partial charge in [-0.15, -0.1) is 0 Å². The Balaban J connectivity index is 1.69. The summed E-state index contributed by atoms with van der Waals surface area (Å²) in [6, 6.07) is 9.62. The van der Waals surface area contributed by atoms with E-state index in [1.165, 1.54) is 12.3 Å². The van der Waals surface area contributed by atoms with Gasteiger partial charge in [-0.3, -0.25) is 10.7 Å². The van der Waals surface area contributed by atoms with Gasteiger partial charge in [0.25, 0.3) is 0 Å². The van der Waals surface area contributed by atoms with Gasteiger partial charge in [0.2, 0.25) is 0 Å². The molecule has 6 N–H and O–H groups in total. The van der Waals surface area contributed by atoms with Crippen LogP contribution in [0.25, 0.3) is 0 Å². The third-order valence-electron chi connectivity index (χ3n) is 4.87. The second kappa shape index (κ2) is 9.10. The first-order chi connectivity index (χ1) is 14.3. The second-order valence-electron chi connectivity index (χ2n) is 7.70. The highest BCUT2D eigenvalue weighted by atomic mass is 16.5. The van der Waals surface area contributed by atoms with Gasteiger partial charge in [0.15, 0.2) is 0 Å². The number of nitrogen functional groups attached to an aromatic ring is 1. The molecule has 1 aromatic heterocycles. The number of nitrogens with two attached hydrogens (primary N) is 1. The van der Waals surface area contributed by atoms with E-state index in [1.807, 2.05) is 35.2 Å². The predicted octanol–water partition coefficient (Wildman–Crippen LogP) is 1.96. The summed E-state index contributed by atoms with van der Waals surface area (Å²) in [6.07, 6.45) is 1.48. The minimum atomic E-state index is -1.18. The van der Waals surface area contributed by atoms with E-state index in [4.69, 9.17) is 15.9 Å². The minimum Gasteiger partial charge on any atom is -0.398 e. The minimum absolute atomic E-state index is 0.256. The van der Waals surface area contributed by atoms with Gasteiger partial charge in [0, 0.05) is 31.0 Å². The second-order valence-corrected chi connectivity index (χ2v) is 7.70. The van der Waals surface area contributed by atoms with Crippen LogP contribution >= 0.6 is 0 Å². The number of amides is 2. The van der Waals surface area contributed by atoms with Crippen LogP contribution < -0.4 is 16.4 Å². The number of nitrogens with zero attached hydrogens (tertiary/aromatic N) is 2. The maximum atomic E-state index is 12.5. The quantitative estimate of drug-likeness (QED) is 0.376. The molecule has 0 spiro atoms. The summed E-state index contributed by atoms with van der Waals surface area (Å²) >= 11 is 0. The van der Waals surface area contributed by atoms with Gasteiger partial charge in [-0.05, 0) is 19.4 Å².